The summed E-state index contributed by atoms with van der Waals surface area (Å²) in [5, 5.41) is 9.28. The maximum atomic E-state index is 9.28. The molecule has 1 aromatic carbocycles. The first-order valence-electron chi connectivity index (χ1n) is 6.08. The molecule has 0 aromatic heterocycles. The molecule has 0 saturated carbocycles. The summed E-state index contributed by atoms with van der Waals surface area (Å²) >= 11 is 1.75. The minimum absolute atomic E-state index is 0.663. The van der Waals surface area contributed by atoms with E-state index in [2.05, 4.69) is 37.8 Å². The summed E-state index contributed by atoms with van der Waals surface area (Å²) in [5.74, 6) is 1.63. The number of rotatable bonds is 6. The molecule has 1 atom stereocenters. The third-order valence-electron chi connectivity index (χ3n) is 2.26. The van der Waals surface area contributed by atoms with E-state index in [-0.39, 0.29) is 0 Å². The first-order valence-corrected chi connectivity index (χ1v) is 10.6. The number of thioether (sulfide) groups is 1. The molecule has 0 radical (unpaired) electrons. The Bertz CT molecular complexity index is 410. The normalized spacial score (nSPS) is 14.8. The third kappa shape index (κ3) is 5.72. The maximum Gasteiger partial charge on any atom is 0.185 e. The minimum atomic E-state index is -1.68. The quantitative estimate of drug-likeness (QED) is 0.736. The van der Waals surface area contributed by atoms with Gasteiger partial charge >= 0.3 is 0 Å². The van der Waals surface area contributed by atoms with Crippen LogP contribution in [0, 0.1) is 11.3 Å². The van der Waals surface area contributed by atoms with Crippen molar-refractivity contribution in [2.45, 2.75) is 37.9 Å². The van der Waals surface area contributed by atoms with Gasteiger partial charge in [0.1, 0.15) is 5.60 Å². The van der Waals surface area contributed by atoms with Crippen molar-refractivity contribution >= 4 is 20.1 Å². The van der Waals surface area contributed by atoms with Gasteiger partial charge in [0, 0.05) is 11.5 Å². The highest BCUT2D eigenvalue weighted by molar-refractivity contribution is 7.98. The molecule has 0 fully saturated rings. The van der Waals surface area contributed by atoms with Crippen LogP contribution in [0.5, 0.6) is 0 Å². The van der Waals surface area contributed by atoms with Gasteiger partial charge in [-0.2, -0.15) is 17.0 Å². The first-order chi connectivity index (χ1) is 8.35. The number of hydrogen-bond donors (Lipinski definition) is 0. The molecule has 18 heavy (non-hydrogen) atoms. The van der Waals surface area contributed by atoms with Crippen molar-refractivity contribution in [2.75, 3.05) is 5.75 Å². The number of nitrogens with zero attached hydrogens (tertiary/aromatic N) is 1. The average molecular weight is 279 g/mol. The third-order valence-corrected chi connectivity index (χ3v) is 4.61. The van der Waals surface area contributed by atoms with Crippen molar-refractivity contribution in [3.8, 4) is 6.07 Å². The van der Waals surface area contributed by atoms with Crippen LogP contribution in [0.15, 0.2) is 30.3 Å². The molecule has 1 rings (SSSR count). The highest BCUT2D eigenvalue weighted by Crippen LogP contribution is 2.24. The van der Waals surface area contributed by atoms with Gasteiger partial charge in [-0.15, -0.1) is 0 Å². The topological polar surface area (TPSA) is 33.0 Å². The first kappa shape index (κ1) is 15.3. The number of nitriles is 1. The molecule has 0 aliphatic heterocycles. The molecule has 0 aliphatic carbocycles. The lowest BCUT2D eigenvalue weighted by Gasteiger charge is -2.30. The smallest absolute Gasteiger partial charge is 0.185 e. The number of benzene rings is 1. The van der Waals surface area contributed by atoms with Gasteiger partial charge < -0.3 is 4.43 Å². The molecular formula is C14H21NOSSi. The van der Waals surface area contributed by atoms with E-state index < -0.39 is 13.9 Å². The van der Waals surface area contributed by atoms with Crippen molar-refractivity contribution in [2.24, 2.45) is 0 Å². The summed E-state index contributed by atoms with van der Waals surface area (Å²) in [7, 11) is -1.68. The molecule has 0 unspecified atom stereocenters. The lowest BCUT2D eigenvalue weighted by Crippen LogP contribution is -2.41. The van der Waals surface area contributed by atoms with Crippen molar-refractivity contribution in [1.82, 2.24) is 0 Å². The second-order valence-corrected chi connectivity index (χ2v) is 10.9. The van der Waals surface area contributed by atoms with Crippen molar-refractivity contribution in [3.05, 3.63) is 35.9 Å². The second-order valence-electron chi connectivity index (χ2n) is 5.54. The SMILES string of the molecule is C[C@@](C#N)(CSCc1ccccc1)O[Si](C)(C)C. The molecule has 1 aromatic rings. The average Bonchev–Trinajstić information content (AvgIpc) is 2.28. The number of hydrogen-bond acceptors (Lipinski definition) is 3. The van der Waals surface area contributed by atoms with E-state index in [1.54, 1.807) is 11.8 Å². The Morgan fingerprint density at radius 2 is 1.89 bits per heavy atom. The zero-order valence-corrected chi connectivity index (χ0v) is 13.4. The Labute approximate surface area is 115 Å². The molecular weight excluding hydrogens is 258 g/mol. The molecule has 0 saturated heterocycles. The van der Waals surface area contributed by atoms with E-state index in [1.165, 1.54) is 5.56 Å². The van der Waals surface area contributed by atoms with Crippen LogP contribution in [0.4, 0.5) is 0 Å². The standard InChI is InChI=1S/C14H21NOSSi/c1-14(11-15,16-18(2,3)4)12-17-10-13-8-6-5-7-9-13/h5-9H,10,12H2,1-4H3/t14-/m1/s1. The van der Waals surface area contributed by atoms with Gasteiger partial charge in [-0.25, -0.2) is 0 Å². The predicted octanol–water partition coefficient (Wildman–Crippen LogP) is 4.05. The Morgan fingerprint density at radius 3 is 2.39 bits per heavy atom. The monoisotopic (exact) mass is 279 g/mol. The zero-order chi connectivity index (χ0) is 13.6. The van der Waals surface area contributed by atoms with E-state index >= 15 is 0 Å². The molecule has 0 bridgehead atoms. The van der Waals surface area contributed by atoms with Crippen LogP contribution in [-0.4, -0.2) is 19.7 Å². The van der Waals surface area contributed by atoms with Crippen LogP contribution in [-0.2, 0) is 10.2 Å². The van der Waals surface area contributed by atoms with Gasteiger partial charge in [0.2, 0.25) is 0 Å². The summed E-state index contributed by atoms with van der Waals surface area (Å²) in [4.78, 5) is 0. The Balaban J connectivity index is 2.48. The lowest BCUT2D eigenvalue weighted by molar-refractivity contribution is 0.167. The van der Waals surface area contributed by atoms with Gasteiger partial charge in [0.05, 0.1) is 6.07 Å². The summed E-state index contributed by atoms with van der Waals surface area (Å²) in [6.07, 6.45) is 0. The van der Waals surface area contributed by atoms with Crippen LogP contribution in [0.25, 0.3) is 0 Å². The van der Waals surface area contributed by atoms with Gasteiger partial charge in [0.15, 0.2) is 8.32 Å². The minimum Gasteiger partial charge on any atom is -0.399 e. The fourth-order valence-electron chi connectivity index (χ4n) is 1.70. The maximum absolute atomic E-state index is 9.28. The largest absolute Gasteiger partial charge is 0.399 e. The van der Waals surface area contributed by atoms with E-state index in [0.29, 0.717) is 5.75 Å². The van der Waals surface area contributed by atoms with E-state index in [1.807, 2.05) is 25.1 Å². The molecule has 0 aliphatic rings. The van der Waals surface area contributed by atoms with Crippen molar-refractivity contribution in [1.29, 1.82) is 5.26 Å². The molecule has 2 nitrogen and oxygen atoms in total. The molecule has 0 spiro atoms. The Kier molecular flexibility index (Phi) is 5.45. The van der Waals surface area contributed by atoms with Gasteiger partial charge in [-0.1, -0.05) is 30.3 Å². The predicted molar refractivity (Wildman–Crippen MR) is 81.1 cm³/mol. The summed E-state index contributed by atoms with van der Waals surface area (Å²) in [6.45, 7) is 8.24. The van der Waals surface area contributed by atoms with Gasteiger partial charge in [0.25, 0.3) is 0 Å². The molecule has 98 valence electrons. The summed E-state index contributed by atoms with van der Waals surface area (Å²) in [6, 6.07) is 12.6. The fourth-order valence-corrected chi connectivity index (χ4v) is 4.32. The van der Waals surface area contributed by atoms with Crippen molar-refractivity contribution in [3.63, 3.8) is 0 Å². The van der Waals surface area contributed by atoms with Gasteiger partial charge in [-0.05, 0) is 32.1 Å². The van der Waals surface area contributed by atoms with Crippen LogP contribution in [0.3, 0.4) is 0 Å². The van der Waals surface area contributed by atoms with E-state index in [0.717, 1.165) is 5.75 Å². The highest BCUT2D eigenvalue weighted by atomic mass is 32.2. The molecule has 0 heterocycles. The second kappa shape index (κ2) is 6.42. The van der Waals surface area contributed by atoms with Crippen LogP contribution in [0.1, 0.15) is 12.5 Å². The van der Waals surface area contributed by atoms with E-state index in [4.69, 9.17) is 4.43 Å². The van der Waals surface area contributed by atoms with Crippen LogP contribution in [0.2, 0.25) is 19.6 Å². The van der Waals surface area contributed by atoms with Gasteiger partial charge in [-0.3, -0.25) is 0 Å². The Hall–Kier alpha value is -0.763. The molecule has 4 heteroatoms. The molecule has 0 N–H and O–H groups in total. The Morgan fingerprint density at radius 1 is 1.28 bits per heavy atom. The zero-order valence-electron chi connectivity index (χ0n) is 11.6. The summed E-state index contributed by atoms with van der Waals surface area (Å²) < 4.78 is 5.97. The summed E-state index contributed by atoms with van der Waals surface area (Å²) in [5.41, 5.74) is 0.625. The van der Waals surface area contributed by atoms with E-state index in [9.17, 15) is 5.26 Å². The lowest BCUT2D eigenvalue weighted by atomic mass is 10.2. The van der Waals surface area contributed by atoms with Crippen molar-refractivity contribution < 1.29 is 4.43 Å². The fraction of sp³-hybridized carbons (Fsp3) is 0.500. The van der Waals surface area contributed by atoms with Crippen LogP contribution >= 0.6 is 11.8 Å². The molecule has 0 amide bonds. The van der Waals surface area contributed by atoms with Crippen LogP contribution < -0.4 is 0 Å². The highest BCUT2D eigenvalue weighted by Gasteiger charge is 2.31.